The standard InChI is InChI=1S/C23H27N6O7P/c1-4-23(17(30)11-18(35-23)29-14-27-19-20(24)25-13-26-21(19)29)12-34-37(32,28-15(3)22(31)33-5-2)36-16-9-7-6-8-10-16/h1,6-10,13-15,17-18,30H,5,11-12H2,2-3H3,(H,28,32)(H2,24,25,26)/t15-,17-,18+,23+,37?/m0/s1. The number of aliphatic hydroxyl groups is 1. The van der Waals surface area contributed by atoms with E-state index < -0.39 is 44.3 Å². The number of nitrogens with two attached hydrogens (primary N) is 1. The maximum Gasteiger partial charge on any atom is 0.459 e. The minimum atomic E-state index is -4.23. The molecule has 0 aliphatic carbocycles. The van der Waals surface area contributed by atoms with E-state index in [1.165, 1.54) is 19.6 Å². The normalized spacial score (nSPS) is 23.7. The lowest BCUT2D eigenvalue weighted by molar-refractivity contribution is -0.144. The highest BCUT2D eigenvalue weighted by molar-refractivity contribution is 7.52. The Balaban J connectivity index is 1.56. The number of nitrogen functional groups attached to an aromatic ring is 1. The second-order valence-electron chi connectivity index (χ2n) is 8.22. The first-order valence-corrected chi connectivity index (χ1v) is 12.9. The molecule has 4 N–H and O–H groups in total. The van der Waals surface area contributed by atoms with Gasteiger partial charge in [-0.3, -0.25) is 13.9 Å². The number of aliphatic hydroxyl groups excluding tert-OH is 1. The first-order valence-electron chi connectivity index (χ1n) is 11.4. The molecule has 37 heavy (non-hydrogen) atoms. The number of ether oxygens (including phenoxy) is 2. The Bertz CT molecular complexity index is 1350. The fourth-order valence-electron chi connectivity index (χ4n) is 3.75. The van der Waals surface area contributed by atoms with Crippen molar-refractivity contribution in [2.75, 3.05) is 18.9 Å². The molecule has 0 amide bonds. The summed E-state index contributed by atoms with van der Waals surface area (Å²) < 4.78 is 37.6. The highest BCUT2D eigenvalue weighted by Crippen LogP contribution is 2.48. The second kappa shape index (κ2) is 10.8. The number of imidazole rings is 1. The average Bonchev–Trinajstić information content (AvgIpc) is 3.45. The van der Waals surface area contributed by atoms with Gasteiger partial charge < -0.3 is 24.8 Å². The van der Waals surface area contributed by atoms with Crippen molar-refractivity contribution in [3.05, 3.63) is 43.0 Å². The Morgan fingerprint density at radius 2 is 2.16 bits per heavy atom. The predicted molar refractivity (Wildman–Crippen MR) is 132 cm³/mol. The number of fused-ring (bicyclic) bond motifs is 1. The molecule has 2 aromatic heterocycles. The zero-order valence-electron chi connectivity index (χ0n) is 20.2. The summed E-state index contributed by atoms with van der Waals surface area (Å²) in [5.74, 6) is 2.18. The number of nitrogens with one attached hydrogen (secondary N) is 1. The van der Waals surface area contributed by atoms with Gasteiger partial charge in [0.15, 0.2) is 17.1 Å². The summed E-state index contributed by atoms with van der Waals surface area (Å²) in [4.78, 5) is 24.5. The van der Waals surface area contributed by atoms with Crippen LogP contribution in [0.2, 0.25) is 0 Å². The average molecular weight is 530 g/mol. The predicted octanol–water partition coefficient (Wildman–Crippen LogP) is 1.81. The van der Waals surface area contributed by atoms with Crippen LogP contribution in [0.5, 0.6) is 5.75 Å². The molecule has 1 saturated heterocycles. The van der Waals surface area contributed by atoms with Gasteiger partial charge in [-0.1, -0.05) is 24.1 Å². The van der Waals surface area contributed by atoms with Crippen LogP contribution in [0.1, 0.15) is 26.5 Å². The number of rotatable bonds is 10. The van der Waals surface area contributed by atoms with Gasteiger partial charge in [0, 0.05) is 6.42 Å². The van der Waals surface area contributed by atoms with Crippen molar-refractivity contribution in [2.45, 2.75) is 44.2 Å². The molecule has 0 radical (unpaired) electrons. The van der Waals surface area contributed by atoms with Crippen LogP contribution >= 0.6 is 7.75 Å². The van der Waals surface area contributed by atoms with Crippen molar-refractivity contribution in [1.82, 2.24) is 24.6 Å². The summed E-state index contributed by atoms with van der Waals surface area (Å²) in [6.07, 6.45) is 6.56. The van der Waals surface area contributed by atoms with Gasteiger partial charge >= 0.3 is 13.7 Å². The molecule has 13 nitrogen and oxygen atoms in total. The van der Waals surface area contributed by atoms with Crippen LogP contribution in [0.3, 0.4) is 0 Å². The fraction of sp³-hybridized carbons (Fsp3) is 0.391. The number of carbonyl (C=O) groups is 1. The lowest BCUT2D eigenvalue weighted by atomic mass is 9.99. The largest absolute Gasteiger partial charge is 0.465 e. The van der Waals surface area contributed by atoms with Crippen molar-refractivity contribution in [2.24, 2.45) is 0 Å². The first kappa shape index (κ1) is 26.5. The molecular formula is C23H27N6O7P. The van der Waals surface area contributed by atoms with Crippen LogP contribution in [-0.4, -0.2) is 61.6 Å². The Labute approximate surface area is 212 Å². The lowest BCUT2D eigenvalue weighted by Gasteiger charge is -2.29. The van der Waals surface area contributed by atoms with Crippen LogP contribution in [0.4, 0.5) is 5.82 Å². The Hall–Kier alpha value is -3.53. The minimum Gasteiger partial charge on any atom is -0.465 e. The van der Waals surface area contributed by atoms with E-state index in [0.29, 0.717) is 11.2 Å². The topological polar surface area (TPSA) is 173 Å². The van der Waals surface area contributed by atoms with Crippen LogP contribution in [0, 0.1) is 12.3 Å². The number of hydrogen-bond acceptors (Lipinski definition) is 11. The van der Waals surface area contributed by atoms with E-state index in [1.807, 2.05) is 0 Å². The molecular weight excluding hydrogens is 503 g/mol. The van der Waals surface area contributed by atoms with Gasteiger partial charge in [-0.2, -0.15) is 5.09 Å². The van der Waals surface area contributed by atoms with Crippen LogP contribution in [0.15, 0.2) is 43.0 Å². The summed E-state index contributed by atoms with van der Waals surface area (Å²) >= 11 is 0. The van der Waals surface area contributed by atoms with E-state index in [0.717, 1.165) is 0 Å². The first-order chi connectivity index (χ1) is 17.7. The number of anilines is 1. The number of carbonyl (C=O) groups excluding carboxylic acids is 1. The van der Waals surface area contributed by atoms with Gasteiger partial charge in [0.25, 0.3) is 0 Å². The van der Waals surface area contributed by atoms with E-state index in [-0.39, 0.29) is 24.6 Å². The summed E-state index contributed by atoms with van der Waals surface area (Å²) in [7, 11) is -4.23. The van der Waals surface area contributed by atoms with Gasteiger partial charge in [0.1, 0.15) is 42.6 Å². The lowest BCUT2D eigenvalue weighted by Crippen LogP contribution is -2.43. The maximum atomic E-state index is 13.7. The van der Waals surface area contributed by atoms with Crippen molar-refractivity contribution >= 4 is 30.7 Å². The third-order valence-electron chi connectivity index (χ3n) is 5.66. The number of esters is 1. The van der Waals surface area contributed by atoms with Gasteiger partial charge in [-0.15, -0.1) is 6.42 Å². The molecule has 3 heterocycles. The zero-order valence-corrected chi connectivity index (χ0v) is 21.1. The van der Waals surface area contributed by atoms with Crippen molar-refractivity contribution in [1.29, 1.82) is 0 Å². The second-order valence-corrected chi connectivity index (χ2v) is 9.91. The quantitative estimate of drug-likeness (QED) is 0.197. The monoisotopic (exact) mass is 530 g/mol. The third kappa shape index (κ3) is 5.58. The summed E-state index contributed by atoms with van der Waals surface area (Å²) in [6.45, 7) is 2.71. The molecule has 0 bridgehead atoms. The SMILES string of the molecule is C#C[C@]1(COP(=O)(N[C@@H](C)C(=O)OCC)Oc2ccccc2)O[C@@H](n2cnc3c(N)ncnc32)C[C@@H]1O. The van der Waals surface area contributed by atoms with Crippen LogP contribution in [0.25, 0.3) is 11.2 Å². The molecule has 1 aliphatic rings. The van der Waals surface area contributed by atoms with Crippen molar-refractivity contribution in [3.8, 4) is 18.1 Å². The zero-order chi connectivity index (χ0) is 26.6. The molecule has 1 aliphatic heterocycles. The number of para-hydroxylation sites is 1. The van der Waals surface area contributed by atoms with Gasteiger partial charge in [0.2, 0.25) is 0 Å². The molecule has 5 atom stereocenters. The molecule has 14 heteroatoms. The third-order valence-corrected chi connectivity index (χ3v) is 7.28. The smallest absolute Gasteiger partial charge is 0.459 e. The van der Waals surface area contributed by atoms with Gasteiger partial charge in [0.05, 0.1) is 12.9 Å². The molecule has 1 fully saturated rings. The number of aromatic nitrogens is 4. The molecule has 0 spiro atoms. The summed E-state index contributed by atoms with van der Waals surface area (Å²) in [5, 5.41) is 13.5. The Kier molecular flexibility index (Phi) is 7.77. The molecule has 196 valence electrons. The van der Waals surface area contributed by atoms with Crippen molar-refractivity contribution in [3.63, 3.8) is 0 Å². The summed E-state index contributed by atoms with van der Waals surface area (Å²) in [6, 6.07) is 7.20. The summed E-state index contributed by atoms with van der Waals surface area (Å²) in [5.41, 5.74) is 4.91. The van der Waals surface area contributed by atoms with Crippen molar-refractivity contribution < 1.29 is 33.0 Å². The molecule has 1 aromatic carbocycles. The molecule has 0 saturated carbocycles. The van der Waals surface area contributed by atoms with E-state index in [9.17, 15) is 14.5 Å². The van der Waals surface area contributed by atoms with E-state index in [1.54, 1.807) is 41.8 Å². The highest BCUT2D eigenvalue weighted by atomic mass is 31.2. The Morgan fingerprint density at radius 3 is 2.86 bits per heavy atom. The van der Waals surface area contributed by atoms with E-state index in [2.05, 4.69) is 26.0 Å². The highest BCUT2D eigenvalue weighted by Gasteiger charge is 2.50. The fourth-order valence-corrected chi connectivity index (χ4v) is 5.27. The molecule has 1 unspecified atom stereocenters. The van der Waals surface area contributed by atoms with Crippen LogP contribution in [-0.2, 0) is 23.4 Å². The number of hydrogen-bond donors (Lipinski definition) is 3. The minimum absolute atomic E-state index is 0.0550. The number of benzene rings is 1. The maximum absolute atomic E-state index is 13.7. The number of terminal acetylenes is 1. The molecule has 3 aromatic rings. The van der Waals surface area contributed by atoms with Crippen LogP contribution < -0.4 is 15.3 Å². The van der Waals surface area contributed by atoms with E-state index >= 15 is 0 Å². The van der Waals surface area contributed by atoms with Gasteiger partial charge in [-0.25, -0.2) is 19.5 Å². The molecule has 4 rings (SSSR count). The van der Waals surface area contributed by atoms with Gasteiger partial charge in [-0.05, 0) is 26.0 Å². The van der Waals surface area contributed by atoms with E-state index in [4.69, 9.17) is 30.7 Å². The number of nitrogens with zero attached hydrogens (tertiary/aromatic N) is 4. The Morgan fingerprint density at radius 1 is 1.41 bits per heavy atom.